The lowest BCUT2D eigenvalue weighted by molar-refractivity contribution is 0.144. The lowest BCUT2D eigenvalue weighted by atomic mass is 10.2. The molecule has 1 atom stereocenters. The molecule has 1 aromatic heterocycles. The molecule has 1 fully saturated rings. The fraction of sp³-hybridized carbons (Fsp3) is 0.312. The molecule has 2 aliphatic heterocycles. The summed E-state index contributed by atoms with van der Waals surface area (Å²) in [7, 11) is 0. The van der Waals surface area contributed by atoms with Crippen molar-refractivity contribution < 1.29 is 23.3 Å². The van der Waals surface area contributed by atoms with Crippen molar-refractivity contribution in [3.8, 4) is 0 Å². The van der Waals surface area contributed by atoms with E-state index in [0.717, 1.165) is 0 Å². The van der Waals surface area contributed by atoms with Crippen LogP contribution in [0.2, 0.25) is 0 Å². The van der Waals surface area contributed by atoms with Crippen molar-refractivity contribution in [2.24, 2.45) is 5.16 Å². The Kier molecular flexibility index (Phi) is 4.30. The van der Waals surface area contributed by atoms with Crippen molar-refractivity contribution in [1.82, 2.24) is 5.16 Å². The minimum Gasteiger partial charge on any atom is -0.442 e. The number of benzene rings is 1. The second kappa shape index (κ2) is 6.90. The summed E-state index contributed by atoms with van der Waals surface area (Å²) in [5.74, 6) is 0.106. The Hall–Kier alpha value is -3.30. The number of halogens is 1. The summed E-state index contributed by atoms with van der Waals surface area (Å²) < 4.78 is 24.5. The third kappa shape index (κ3) is 3.25. The number of cyclic esters (lactones) is 1. The van der Waals surface area contributed by atoms with Crippen LogP contribution in [0.15, 0.2) is 40.2 Å². The van der Waals surface area contributed by atoms with Gasteiger partial charge in [0.25, 0.3) is 0 Å². The Balaban J connectivity index is 1.43. The van der Waals surface area contributed by atoms with E-state index in [2.05, 4.69) is 15.6 Å². The number of rotatable bonds is 5. The van der Waals surface area contributed by atoms with Gasteiger partial charge in [0.1, 0.15) is 31.1 Å². The number of hydrogen-bond donors (Lipinski definition) is 1. The van der Waals surface area contributed by atoms with E-state index in [1.807, 2.05) is 0 Å². The van der Waals surface area contributed by atoms with Gasteiger partial charge in [0.05, 0.1) is 31.0 Å². The van der Waals surface area contributed by atoms with Gasteiger partial charge in [-0.15, -0.1) is 0 Å². The normalized spacial score (nSPS) is 19.4. The van der Waals surface area contributed by atoms with Crippen LogP contribution in [0, 0.1) is 5.82 Å². The van der Waals surface area contributed by atoms with Crippen molar-refractivity contribution in [2.75, 3.05) is 41.4 Å². The first-order chi connectivity index (χ1) is 12.7. The highest BCUT2D eigenvalue weighted by Gasteiger charge is 2.32. The largest absolute Gasteiger partial charge is 0.442 e. The van der Waals surface area contributed by atoms with Crippen molar-refractivity contribution in [2.45, 2.75) is 6.10 Å². The number of carbonyl (C=O) groups excluding carboxylic acids is 1. The zero-order valence-electron chi connectivity index (χ0n) is 13.7. The van der Waals surface area contributed by atoms with Gasteiger partial charge in [-0.3, -0.25) is 4.90 Å². The van der Waals surface area contributed by atoms with Crippen LogP contribution in [-0.4, -0.2) is 49.9 Å². The summed E-state index contributed by atoms with van der Waals surface area (Å²) in [6.45, 7) is 1.57. The topological polar surface area (TPSA) is 92.4 Å². The third-order valence-corrected chi connectivity index (χ3v) is 4.06. The molecule has 9 nitrogen and oxygen atoms in total. The van der Waals surface area contributed by atoms with Crippen LogP contribution < -0.4 is 15.1 Å². The molecule has 1 amide bonds. The summed E-state index contributed by atoms with van der Waals surface area (Å²) >= 11 is 0. The number of carbonyl (C=O) groups is 1. The maximum atomic E-state index is 14.5. The molecule has 2 aromatic rings. The summed E-state index contributed by atoms with van der Waals surface area (Å²) in [5, 5.41) is 10.4. The fourth-order valence-corrected chi connectivity index (χ4v) is 2.78. The number of aromatic nitrogens is 1. The standard InChI is InChI=1S/C16H16FN5O4/c17-13-7-11(1-2-14(13)21-4-6-24-19-10-21)22-9-12(26-16(22)23)8-18-15-3-5-25-20-15/h1-3,5,7,10,12H,4,6,8-9H2,(H,18,20)/t12-/m0/s1. The minimum absolute atomic E-state index is 0.307. The lowest BCUT2D eigenvalue weighted by Crippen LogP contribution is -2.30. The molecule has 26 heavy (non-hydrogen) atoms. The van der Waals surface area contributed by atoms with Gasteiger partial charge < -0.3 is 24.3 Å². The monoisotopic (exact) mass is 361 g/mol. The lowest BCUT2D eigenvalue weighted by Gasteiger charge is -2.23. The zero-order valence-corrected chi connectivity index (χ0v) is 13.7. The van der Waals surface area contributed by atoms with Crippen LogP contribution in [0.25, 0.3) is 0 Å². The Morgan fingerprint density at radius 3 is 3.00 bits per heavy atom. The molecule has 1 saturated heterocycles. The summed E-state index contributed by atoms with van der Waals surface area (Å²) in [6, 6.07) is 6.26. The van der Waals surface area contributed by atoms with E-state index in [0.29, 0.717) is 43.4 Å². The van der Waals surface area contributed by atoms with Gasteiger partial charge in [-0.05, 0) is 18.2 Å². The molecular weight excluding hydrogens is 345 g/mol. The van der Waals surface area contributed by atoms with E-state index in [-0.39, 0.29) is 6.10 Å². The van der Waals surface area contributed by atoms with Gasteiger partial charge >= 0.3 is 6.09 Å². The van der Waals surface area contributed by atoms with Crippen LogP contribution in [0.4, 0.5) is 26.4 Å². The maximum Gasteiger partial charge on any atom is 0.414 e. The summed E-state index contributed by atoms with van der Waals surface area (Å²) in [6.07, 6.45) is 1.97. The minimum atomic E-state index is -0.517. The average molecular weight is 361 g/mol. The quantitative estimate of drug-likeness (QED) is 0.871. The van der Waals surface area contributed by atoms with Crippen molar-refractivity contribution >= 4 is 29.6 Å². The predicted molar refractivity (Wildman–Crippen MR) is 90.8 cm³/mol. The first-order valence-corrected chi connectivity index (χ1v) is 8.05. The highest BCUT2D eigenvalue weighted by molar-refractivity contribution is 5.90. The molecular formula is C16H16FN5O4. The third-order valence-electron chi connectivity index (χ3n) is 4.06. The molecule has 3 heterocycles. The Bertz CT molecular complexity index is 813. The molecule has 0 aliphatic carbocycles. The Morgan fingerprint density at radius 1 is 1.35 bits per heavy atom. The summed E-state index contributed by atoms with van der Waals surface area (Å²) in [4.78, 5) is 20.0. The van der Waals surface area contributed by atoms with E-state index in [1.54, 1.807) is 23.1 Å². The Labute approximate surface area is 147 Å². The van der Waals surface area contributed by atoms with Crippen molar-refractivity contribution in [3.63, 3.8) is 0 Å². The first-order valence-electron chi connectivity index (χ1n) is 8.05. The van der Waals surface area contributed by atoms with Crippen LogP contribution in [-0.2, 0) is 9.57 Å². The first kappa shape index (κ1) is 16.2. The zero-order chi connectivity index (χ0) is 17.9. The molecule has 1 N–H and O–H groups in total. The number of oxime groups is 1. The molecule has 136 valence electrons. The average Bonchev–Trinajstić information content (AvgIpc) is 3.30. The number of ether oxygens (including phenoxy) is 1. The van der Waals surface area contributed by atoms with Crippen LogP contribution in [0.5, 0.6) is 0 Å². The fourth-order valence-electron chi connectivity index (χ4n) is 2.78. The molecule has 0 saturated carbocycles. The van der Waals surface area contributed by atoms with Crippen LogP contribution >= 0.6 is 0 Å². The number of nitrogens with one attached hydrogen (secondary N) is 1. The van der Waals surface area contributed by atoms with Crippen LogP contribution in [0.3, 0.4) is 0 Å². The SMILES string of the molecule is O=C1O[C@@H](CNc2ccon2)CN1c1ccc(N2C=NOCC2)c(F)c1. The number of anilines is 3. The highest BCUT2D eigenvalue weighted by atomic mass is 19.1. The molecule has 4 rings (SSSR count). The second-order valence-corrected chi connectivity index (χ2v) is 5.77. The van der Waals surface area contributed by atoms with Gasteiger partial charge in [0, 0.05) is 6.07 Å². The van der Waals surface area contributed by atoms with E-state index in [4.69, 9.17) is 14.1 Å². The van der Waals surface area contributed by atoms with Crippen LogP contribution in [0.1, 0.15) is 0 Å². The van der Waals surface area contributed by atoms with Gasteiger partial charge in [-0.2, -0.15) is 0 Å². The smallest absolute Gasteiger partial charge is 0.414 e. The Morgan fingerprint density at radius 2 is 2.27 bits per heavy atom. The number of nitrogens with zero attached hydrogens (tertiary/aromatic N) is 4. The van der Waals surface area contributed by atoms with E-state index >= 15 is 0 Å². The molecule has 1 aromatic carbocycles. The molecule has 0 radical (unpaired) electrons. The number of hydrogen-bond acceptors (Lipinski definition) is 8. The van der Waals surface area contributed by atoms with Gasteiger partial charge in [0.15, 0.2) is 5.82 Å². The maximum absolute atomic E-state index is 14.5. The van der Waals surface area contributed by atoms with Gasteiger partial charge in [-0.1, -0.05) is 10.3 Å². The molecule has 2 aliphatic rings. The van der Waals surface area contributed by atoms with Crippen molar-refractivity contribution in [3.05, 3.63) is 36.3 Å². The highest BCUT2D eigenvalue weighted by Crippen LogP contribution is 2.28. The van der Waals surface area contributed by atoms with E-state index < -0.39 is 11.9 Å². The molecule has 10 heteroatoms. The van der Waals surface area contributed by atoms with E-state index in [1.165, 1.54) is 23.6 Å². The van der Waals surface area contributed by atoms with Gasteiger partial charge in [-0.25, -0.2) is 9.18 Å². The van der Waals surface area contributed by atoms with E-state index in [9.17, 15) is 9.18 Å². The molecule has 0 unspecified atom stereocenters. The summed E-state index contributed by atoms with van der Waals surface area (Å²) in [5.41, 5.74) is 0.808. The number of amides is 1. The van der Waals surface area contributed by atoms with Crippen molar-refractivity contribution in [1.29, 1.82) is 0 Å². The second-order valence-electron chi connectivity index (χ2n) is 5.77. The molecule has 0 bridgehead atoms. The predicted octanol–water partition coefficient (Wildman–Crippen LogP) is 2.03. The molecule has 0 spiro atoms. The van der Waals surface area contributed by atoms with Gasteiger partial charge in [0.2, 0.25) is 0 Å².